The summed E-state index contributed by atoms with van der Waals surface area (Å²) in [7, 11) is 0. The van der Waals surface area contributed by atoms with Gasteiger partial charge in [-0.25, -0.2) is 9.97 Å². The average Bonchev–Trinajstić information content (AvgIpc) is 2.97. The van der Waals surface area contributed by atoms with E-state index < -0.39 is 0 Å². The van der Waals surface area contributed by atoms with Crippen LogP contribution in [0, 0.1) is 13.8 Å². The number of nitrogens with one attached hydrogen (secondary N) is 1. The molecule has 4 nitrogen and oxygen atoms in total. The van der Waals surface area contributed by atoms with Crippen LogP contribution in [0.2, 0.25) is 0 Å². The summed E-state index contributed by atoms with van der Waals surface area (Å²) in [5.41, 5.74) is 2.48. The van der Waals surface area contributed by atoms with Crippen LogP contribution in [0.25, 0.3) is 22.1 Å². The summed E-state index contributed by atoms with van der Waals surface area (Å²) < 4.78 is 0. The average molecular weight is 289 g/mol. The standard InChI is InChI=1S/C13H11N3OS2/c1-7-6-19-13(14-7)12-15-10(5-11(17)16-12)9-3-4-18-8(9)2/h3-6H,1-2H3,(H,15,16,17). The zero-order valence-corrected chi connectivity index (χ0v) is 12.1. The molecular weight excluding hydrogens is 278 g/mol. The second-order valence-corrected chi connectivity index (χ2v) is 6.14. The molecule has 96 valence electrons. The maximum absolute atomic E-state index is 11.8. The van der Waals surface area contributed by atoms with E-state index in [0.717, 1.165) is 21.1 Å². The van der Waals surface area contributed by atoms with E-state index in [0.29, 0.717) is 11.5 Å². The second-order valence-electron chi connectivity index (χ2n) is 4.16. The highest BCUT2D eigenvalue weighted by atomic mass is 32.1. The molecule has 6 heteroatoms. The molecule has 0 aliphatic rings. The smallest absolute Gasteiger partial charge is 0.251 e. The molecule has 1 N–H and O–H groups in total. The van der Waals surface area contributed by atoms with Crippen molar-refractivity contribution in [3.05, 3.63) is 43.8 Å². The highest BCUT2D eigenvalue weighted by molar-refractivity contribution is 7.13. The molecule has 0 aliphatic carbocycles. The van der Waals surface area contributed by atoms with Gasteiger partial charge in [0.1, 0.15) is 0 Å². The van der Waals surface area contributed by atoms with Crippen LogP contribution >= 0.6 is 22.7 Å². The molecule has 0 spiro atoms. The van der Waals surface area contributed by atoms with Crippen molar-refractivity contribution < 1.29 is 0 Å². The lowest BCUT2D eigenvalue weighted by Crippen LogP contribution is -2.08. The third-order valence-electron chi connectivity index (χ3n) is 2.70. The number of rotatable bonds is 2. The van der Waals surface area contributed by atoms with Crippen LogP contribution in [-0.4, -0.2) is 15.0 Å². The molecule has 0 radical (unpaired) electrons. The molecule has 0 aromatic carbocycles. The van der Waals surface area contributed by atoms with Crippen molar-refractivity contribution >= 4 is 22.7 Å². The molecule has 0 amide bonds. The van der Waals surface area contributed by atoms with Gasteiger partial charge in [-0.2, -0.15) is 0 Å². The first-order chi connectivity index (χ1) is 9.13. The molecule has 0 bridgehead atoms. The Bertz CT molecular complexity index is 785. The Hall–Kier alpha value is -1.79. The summed E-state index contributed by atoms with van der Waals surface area (Å²) in [5.74, 6) is 0.534. The molecule has 19 heavy (non-hydrogen) atoms. The van der Waals surface area contributed by atoms with E-state index in [9.17, 15) is 4.79 Å². The molecule has 0 fully saturated rings. The van der Waals surface area contributed by atoms with Crippen molar-refractivity contribution in [2.75, 3.05) is 0 Å². The summed E-state index contributed by atoms with van der Waals surface area (Å²) in [6, 6.07) is 3.51. The number of H-pyrrole nitrogens is 1. The quantitative estimate of drug-likeness (QED) is 0.788. The molecule has 3 aromatic heterocycles. The van der Waals surface area contributed by atoms with E-state index in [1.165, 1.54) is 17.4 Å². The summed E-state index contributed by atoms with van der Waals surface area (Å²) in [5, 5.41) is 4.68. The van der Waals surface area contributed by atoms with E-state index in [4.69, 9.17) is 0 Å². The van der Waals surface area contributed by atoms with Crippen LogP contribution in [0.15, 0.2) is 27.7 Å². The fraction of sp³-hybridized carbons (Fsp3) is 0.154. The minimum Gasteiger partial charge on any atom is -0.304 e. The fourth-order valence-corrected chi connectivity index (χ4v) is 3.26. The molecule has 0 aliphatic heterocycles. The third-order valence-corrected chi connectivity index (χ3v) is 4.51. The number of aromatic nitrogens is 3. The van der Waals surface area contributed by atoms with Gasteiger partial charge in [0.2, 0.25) is 0 Å². The van der Waals surface area contributed by atoms with Gasteiger partial charge >= 0.3 is 0 Å². The maximum Gasteiger partial charge on any atom is 0.251 e. The van der Waals surface area contributed by atoms with Crippen LogP contribution in [0.4, 0.5) is 0 Å². The largest absolute Gasteiger partial charge is 0.304 e. The molecule has 3 aromatic rings. The van der Waals surface area contributed by atoms with E-state index in [1.807, 2.05) is 30.7 Å². The summed E-state index contributed by atoms with van der Waals surface area (Å²) in [6.07, 6.45) is 0. The molecule has 0 saturated heterocycles. The topological polar surface area (TPSA) is 58.6 Å². The van der Waals surface area contributed by atoms with Gasteiger partial charge in [0.25, 0.3) is 5.56 Å². The number of hydrogen-bond donors (Lipinski definition) is 1. The highest BCUT2D eigenvalue weighted by Crippen LogP contribution is 2.27. The van der Waals surface area contributed by atoms with Crippen LogP contribution in [0.3, 0.4) is 0 Å². The Balaban J connectivity index is 2.16. The molecule has 3 rings (SSSR count). The summed E-state index contributed by atoms with van der Waals surface area (Å²) in [6.45, 7) is 3.95. The van der Waals surface area contributed by atoms with Crippen LogP contribution in [-0.2, 0) is 0 Å². The Morgan fingerprint density at radius 2 is 2.05 bits per heavy atom. The Morgan fingerprint density at radius 1 is 1.21 bits per heavy atom. The maximum atomic E-state index is 11.8. The molecular formula is C13H11N3OS2. The number of aryl methyl sites for hydroxylation is 2. The van der Waals surface area contributed by atoms with E-state index in [2.05, 4.69) is 15.0 Å². The van der Waals surface area contributed by atoms with E-state index in [1.54, 1.807) is 11.3 Å². The van der Waals surface area contributed by atoms with E-state index >= 15 is 0 Å². The molecule has 0 atom stereocenters. The predicted molar refractivity (Wildman–Crippen MR) is 78.8 cm³/mol. The highest BCUT2D eigenvalue weighted by Gasteiger charge is 2.10. The molecule has 0 saturated carbocycles. The predicted octanol–water partition coefficient (Wildman–Crippen LogP) is 3.24. The number of thiophene rings is 1. The first-order valence-electron chi connectivity index (χ1n) is 5.72. The lowest BCUT2D eigenvalue weighted by Gasteiger charge is -2.01. The SMILES string of the molecule is Cc1csc(-c2nc(-c3ccsc3C)cc(=O)[nH]2)n1. The first-order valence-corrected chi connectivity index (χ1v) is 7.48. The van der Waals surface area contributed by atoms with Crippen molar-refractivity contribution in [2.24, 2.45) is 0 Å². The third kappa shape index (κ3) is 2.36. The van der Waals surface area contributed by atoms with Crippen molar-refractivity contribution in [1.82, 2.24) is 15.0 Å². The van der Waals surface area contributed by atoms with Crippen LogP contribution < -0.4 is 5.56 Å². The van der Waals surface area contributed by atoms with Gasteiger partial charge in [-0.1, -0.05) is 0 Å². The van der Waals surface area contributed by atoms with Gasteiger partial charge in [-0.3, -0.25) is 4.79 Å². The Kier molecular flexibility index (Phi) is 3.04. The van der Waals surface area contributed by atoms with Gasteiger partial charge in [0, 0.05) is 27.6 Å². The van der Waals surface area contributed by atoms with Gasteiger partial charge in [-0.05, 0) is 25.3 Å². The van der Waals surface area contributed by atoms with Gasteiger partial charge < -0.3 is 4.98 Å². The minimum absolute atomic E-state index is 0.154. The first kappa shape index (κ1) is 12.3. The number of aromatic amines is 1. The van der Waals surface area contributed by atoms with Crippen molar-refractivity contribution in [1.29, 1.82) is 0 Å². The fourth-order valence-electron chi connectivity index (χ4n) is 1.81. The van der Waals surface area contributed by atoms with Gasteiger partial charge in [0.15, 0.2) is 10.8 Å². The summed E-state index contributed by atoms with van der Waals surface area (Å²) in [4.78, 5) is 24.6. The minimum atomic E-state index is -0.154. The molecule has 0 unspecified atom stereocenters. The monoisotopic (exact) mass is 289 g/mol. The number of nitrogens with zero attached hydrogens (tertiary/aromatic N) is 2. The Morgan fingerprint density at radius 3 is 2.68 bits per heavy atom. The van der Waals surface area contributed by atoms with Crippen molar-refractivity contribution in [3.63, 3.8) is 0 Å². The molecule has 3 heterocycles. The number of thiazole rings is 1. The normalized spacial score (nSPS) is 10.8. The summed E-state index contributed by atoms with van der Waals surface area (Å²) >= 11 is 3.13. The van der Waals surface area contributed by atoms with Crippen LogP contribution in [0.5, 0.6) is 0 Å². The zero-order chi connectivity index (χ0) is 13.4. The number of hydrogen-bond acceptors (Lipinski definition) is 5. The lowest BCUT2D eigenvalue weighted by atomic mass is 10.2. The van der Waals surface area contributed by atoms with Crippen molar-refractivity contribution in [2.45, 2.75) is 13.8 Å². The van der Waals surface area contributed by atoms with Gasteiger partial charge in [-0.15, -0.1) is 22.7 Å². The van der Waals surface area contributed by atoms with Crippen molar-refractivity contribution in [3.8, 4) is 22.1 Å². The van der Waals surface area contributed by atoms with Gasteiger partial charge in [0.05, 0.1) is 5.69 Å². The second kappa shape index (κ2) is 4.71. The van der Waals surface area contributed by atoms with Crippen LogP contribution in [0.1, 0.15) is 10.6 Å². The van der Waals surface area contributed by atoms with E-state index in [-0.39, 0.29) is 5.56 Å². The zero-order valence-electron chi connectivity index (χ0n) is 10.4. The lowest BCUT2D eigenvalue weighted by molar-refractivity contribution is 1.11. The Labute approximate surface area is 117 Å².